The molecule has 0 atom stereocenters. The van der Waals surface area contributed by atoms with Crippen LogP contribution in [0, 0.1) is 0 Å². The van der Waals surface area contributed by atoms with Crippen LogP contribution in [0.25, 0.3) is 10.9 Å². The second-order valence-electron chi connectivity index (χ2n) is 5.88. The van der Waals surface area contributed by atoms with Crippen LogP contribution >= 0.6 is 0 Å². The fourth-order valence-corrected chi connectivity index (χ4v) is 2.82. The molecule has 0 saturated carbocycles. The van der Waals surface area contributed by atoms with Crippen LogP contribution < -0.4 is 0 Å². The second kappa shape index (κ2) is 7.92. The molecule has 0 radical (unpaired) electrons. The zero-order valence-electron chi connectivity index (χ0n) is 13.6. The number of Topliss-reactive ketones (excluding diaryl/α,β-unsaturated/α-hetero) is 2. The largest absolute Gasteiger partial charge is 0.341 e. The highest BCUT2D eigenvalue weighted by atomic mass is 16.1. The van der Waals surface area contributed by atoms with Crippen molar-refractivity contribution in [3.63, 3.8) is 0 Å². The van der Waals surface area contributed by atoms with Crippen LogP contribution in [-0.4, -0.2) is 16.1 Å². The van der Waals surface area contributed by atoms with Gasteiger partial charge in [0.15, 0.2) is 5.78 Å². The van der Waals surface area contributed by atoms with Gasteiger partial charge >= 0.3 is 0 Å². The maximum atomic E-state index is 12.3. The Hall–Kier alpha value is -1.90. The number of hydrogen-bond acceptors (Lipinski definition) is 2. The van der Waals surface area contributed by atoms with E-state index in [-0.39, 0.29) is 5.78 Å². The summed E-state index contributed by atoms with van der Waals surface area (Å²) >= 11 is 0. The van der Waals surface area contributed by atoms with Gasteiger partial charge in [0.1, 0.15) is 5.78 Å². The van der Waals surface area contributed by atoms with Crippen molar-refractivity contribution in [3.8, 4) is 0 Å². The first-order valence-electron chi connectivity index (χ1n) is 8.23. The van der Waals surface area contributed by atoms with Crippen molar-refractivity contribution in [1.29, 1.82) is 0 Å². The molecule has 2 rings (SSSR count). The number of hydrogen-bond donors (Lipinski definition) is 0. The summed E-state index contributed by atoms with van der Waals surface area (Å²) in [5, 5.41) is 1.12. The number of rotatable bonds is 9. The topological polar surface area (TPSA) is 39.1 Å². The highest BCUT2D eigenvalue weighted by molar-refractivity contribution is 6.00. The first kappa shape index (κ1) is 16.5. The Balaban J connectivity index is 1.79. The Labute approximate surface area is 132 Å². The van der Waals surface area contributed by atoms with Gasteiger partial charge in [-0.2, -0.15) is 0 Å². The molecule has 1 aromatic heterocycles. The molecule has 0 N–H and O–H groups in total. The van der Waals surface area contributed by atoms with E-state index in [4.69, 9.17) is 0 Å². The summed E-state index contributed by atoms with van der Waals surface area (Å²) in [6.07, 6.45) is 5.83. The lowest BCUT2D eigenvalue weighted by atomic mass is 10.1. The van der Waals surface area contributed by atoms with Crippen LogP contribution in [0.2, 0.25) is 0 Å². The molecule has 3 heteroatoms. The van der Waals surface area contributed by atoms with Crippen molar-refractivity contribution in [2.45, 2.75) is 51.9 Å². The van der Waals surface area contributed by atoms with E-state index in [1.54, 1.807) is 0 Å². The fourth-order valence-electron chi connectivity index (χ4n) is 2.82. The monoisotopic (exact) mass is 299 g/mol. The van der Waals surface area contributed by atoms with Gasteiger partial charge in [0.25, 0.3) is 0 Å². The van der Waals surface area contributed by atoms with Gasteiger partial charge in [-0.05, 0) is 25.0 Å². The molecule has 22 heavy (non-hydrogen) atoms. The van der Waals surface area contributed by atoms with Gasteiger partial charge in [-0.15, -0.1) is 0 Å². The zero-order chi connectivity index (χ0) is 15.9. The SMILES string of the molecule is CCC(=O)CCCCCCC(=O)c1cc2ccccc2n1C. The van der Waals surface area contributed by atoms with E-state index in [0.29, 0.717) is 25.0 Å². The summed E-state index contributed by atoms with van der Waals surface area (Å²) in [6, 6.07) is 10.0. The number of unbranched alkanes of at least 4 members (excludes halogenated alkanes) is 3. The average molecular weight is 299 g/mol. The van der Waals surface area contributed by atoms with Crippen molar-refractivity contribution >= 4 is 22.5 Å². The van der Waals surface area contributed by atoms with Crippen molar-refractivity contribution < 1.29 is 9.59 Å². The van der Waals surface area contributed by atoms with Gasteiger partial charge in [-0.3, -0.25) is 9.59 Å². The van der Waals surface area contributed by atoms with E-state index >= 15 is 0 Å². The molecule has 3 nitrogen and oxygen atoms in total. The third-order valence-corrected chi connectivity index (χ3v) is 4.24. The van der Waals surface area contributed by atoms with E-state index in [0.717, 1.165) is 42.3 Å². The Morgan fingerprint density at radius 2 is 1.68 bits per heavy atom. The quantitative estimate of drug-likeness (QED) is 0.498. The van der Waals surface area contributed by atoms with E-state index in [1.165, 1.54) is 0 Å². The van der Waals surface area contributed by atoms with E-state index < -0.39 is 0 Å². The first-order chi connectivity index (χ1) is 10.6. The van der Waals surface area contributed by atoms with Crippen LogP contribution in [0.4, 0.5) is 0 Å². The minimum atomic E-state index is 0.211. The number of fused-ring (bicyclic) bond motifs is 1. The highest BCUT2D eigenvalue weighted by Gasteiger charge is 2.12. The molecule has 0 aliphatic carbocycles. The maximum absolute atomic E-state index is 12.3. The van der Waals surface area contributed by atoms with Crippen LogP contribution in [0.1, 0.15) is 62.4 Å². The molecule has 118 valence electrons. The number of ketones is 2. The normalized spacial score (nSPS) is 11.0. The molecule has 0 amide bonds. The number of carbonyl (C=O) groups excluding carboxylic acids is 2. The predicted molar refractivity (Wildman–Crippen MR) is 90.2 cm³/mol. The van der Waals surface area contributed by atoms with Gasteiger partial charge in [-0.1, -0.05) is 38.0 Å². The molecule has 0 saturated heterocycles. The summed E-state index contributed by atoms with van der Waals surface area (Å²) in [5.41, 5.74) is 1.89. The summed E-state index contributed by atoms with van der Waals surface area (Å²) in [5.74, 6) is 0.551. The maximum Gasteiger partial charge on any atom is 0.179 e. The molecule has 0 aliphatic heterocycles. The van der Waals surface area contributed by atoms with E-state index in [2.05, 4.69) is 0 Å². The van der Waals surface area contributed by atoms with Gasteiger partial charge in [0, 0.05) is 37.2 Å². The smallest absolute Gasteiger partial charge is 0.179 e. The molecule has 0 spiro atoms. The van der Waals surface area contributed by atoms with Crippen LogP contribution in [0.15, 0.2) is 30.3 Å². The lowest BCUT2D eigenvalue weighted by Crippen LogP contribution is -2.05. The number of para-hydroxylation sites is 1. The third kappa shape index (κ3) is 4.06. The summed E-state index contributed by atoms with van der Waals surface area (Å²) in [4.78, 5) is 23.6. The van der Waals surface area contributed by atoms with Crippen LogP contribution in [0.3, 0.4) is 0 Å². The van der Waals surface area contributed by atoms with E-state index in [1.807, 2.05) is 48.9 Å². The van der Waals surface area contributed by atoms with E-state index in [9.17, 15) is 9.59 Å². The van der Waals surface area contributed by atoms with Crippen molar-refractivity contribution in [1.82, 2.24) is 4.57 Å². The van der Waals surface area contributed by atoms with Crippen LogP contribution in [-0.2, 0) is 11.8 Å². The molecular formula is C19H25NO2. The number of aromatic nitrogens is 1. The summed E-state index contributed by atoms with van der Waals surface area (Å²) < 4.78 is 1.98. The molecule has 0 bridgehead atoms. The molecule has 0 fully saturated rings. The molecule has 2 aromatic rings. The molecule has 0 unspecified atom stereocenters. The number of benzene rings is 1. The minimum absolute atomic E-state index is 0.211. The lowest BCUT2D eigenvalue weighted by molar-refractivity contribution is -0.118. The summed E-state index contributed by atoms with van der Waals surface area (Å²) in [7, 11) is 1.95. The summed E-state index contributed by atoms with van der Waals surface area (Å²) in [6.45, 7) is 1.91. The Morgan fingerprint density at radius 1 is 1.00 bits per heavy atom. The van der Waals surface area contributed by atoms with Crippen molar-refractivity contribution in [3.05, 3.63) is 36.0 Å². The molecular weight excluding hydrogens is 274 g/mol. The Morgan fingerprint density at radius 3 is 2.36 bits per heavy atom. The molecule has 1 aromatic carbocycles. The predicted octanol–water partition coefficient (Wildman–Crippen LogP) is 4.68. The third-order valence-electron chi connectivity index (χ3n) is 4.24. The van der Waals surface area contributed by atoms with Crippen LogP contribution in [0.5, 0.6) is 0 Å². The minimum Gasteiger partial charge on any atom is -0.341 e. The Kier molecular flexibility index (Phi) is 5.93. The van der Waals surface area contributed by atoms with Crippen molar-refractivity contribution in [2.75, 3.05) is 0 Å². The van der Waals surface area contributed by atoms with Gasteiger partial charge < -0.3 is 4.57 Å². The lowest BCUT2D eigenvalue weighted by Gasteiger charge is -2.04. The Bertz CT molecular complexity index is 654. The average Bonchev–Trinajstić information content (AvgIpc) is 2.87. The fraction of sp³-hybridized carbons (Fsp3) is 0.474. The van der Waals surface area contributed by atoms with Crippen molar-refractivity contribution in [2.24, 2.45) is 7.05 Å². The zero-order valence-corrected chi connectivity index (χ0v) is 13.6. The number of nitrogens with zero attached hydrogens (tertiary/aromatic N) is 1. The van der Waals surface area contributed by atoms with Gasteiger partial charge in [-0.25, -0.2) is 0 Å². The van der Waals surface area contributed by atoms with Gasteiger partial charge in [0.05, 0.1) is 5.69 Å². The van der Waals surface area contributed by atoms with Gasteiger partial charge in [0.2, 0.25) is 0 Å². The number of aryl methyl sites for hydroxylation is 1. The first-order valence-corrected chi connectivity index (χ1v) is 8.23. The standard InChI is InChI=1S/C19H25NO2/c1-3-16(21)11-6-4-5-7-13-19(22)18-14-15-10-8-9-12-17(15)20(18)2/h8-10,12,14H,3-7,11,13H2,1-2H3. The molecule has 0 aliphatic rings. The number of carbonyl (C=O) groups is 2. The second-order valence-corrected chi connectivity index (χ2v) is 5.88. The highest BCUT2D eigenvalue weighted by Crippen LogP contribution is 2.20. The molecule has 1 heterocycles.